The molecule has 0 unspecified atom stereocenters. The van der Waals surface area contributed by atoms with Crippen LogP contribution in [0.3, 0.4) is 0 Å². The van der Waals surface area contributed by atoms with Crippen LogP contribution in [0.15, 0.2) is 152 Å². The summed E-state index contributed by atoms with van der Waals surface area (Å²) in [6, 6.07) is 55.3. The standard InChI is InChI=1S/C41H31N/c1-41(2)37-25-22-31(27-36(37)40-35-17-9-7-12-30(35)21-26-38(40)41)28-19-23-33(24-20-28)42(32-14-4-3-5-15-32)39-18-10-13-29-11-6-8-16-34(29)39/h3-27H,1-2H3. The first-order valence-electron chi connectivity index (χ1n) is 14.7. The second kappa shape index (κ2) is 9.46. The van der Waals surface area contributed by atoms with Crippen molar-refractivity contribution in [2.24, 2.45) is 0 Å². The summed E-state index contributed by atoms with van der Waals surface area (Å²) in [5.74, 6) is 0. The number of benzene rings is 7. The van der Waals surface area contributed by atoms with E-state index in [1.165, 1.54) is 60.6 Å². The van der Waals surface area contributed by atoms with Gasteiger partial charge in [0, 0.05) is 22.2 Å². The molecular formula is C41H31N. The number of fused-ring (bicyclic) bond motifs is 6. The lowest BCUT2D eigenvalue weighted by Gasteiger charge is -2.27. The second-order valence-electron chi connectivity index (χ2n) is 11.8. The van der Waals surface area contributed by atoms with E-state index >= 15 is 0 Å². The normalized spacial score (nSPS) is 13.2. The molecule has 1 heteroatoms. The van der Waals surface area contributed by atoms with Gasteiger partial charge in [-0.05, 0) is 85.9 Å². The third-order valence-corrected chi connectivity index (χ3v) is 9.05. The summed E-state index contributed by atoms with van der Waals surface area (Å²) in [5, 5.41) is 5.11. The zero-order valence-electron chi connectivity index (χ0n) is 23.9. The van der Waals surface area contributed by atoms with Crippen LogP contribution in [0.2, 0.25) is 0 Å². The number of anilines is 3. The maximum Gasteiger partial charge on any atom is 0.0540 e. The Hall–Kier alpha value is -5.14. The van der Waals surface area contributed by atoms with E-state index in [9.17, 15) is 0 Å². The molecule has 1 aliphatic rings. The first kappa shape index (κ1) is 24.6. The summed E-state index contributed by atoms with van der Waals surface area (Å²) in [6.45, 7) is 4.71. The molecule has 1 nitrogen and oxygen atoms in total. The Balaban J connectivity index is 1.24. The van der Waals surface area contributed by atoms with Gasteiger partial charge >= 0.3 is 0 Å². The fraction of sp³-hybridized carbons (Fsp3) is 0.0732. The topological polar surface area (TPSA) is 3.24 Å². The summed E-state index contributed by atoms with van der Waals surface area (Å²) < 4.78 is 0. The predicted octanol–water partition coefficient (Wildman–Crippen LogP) is 11.4. The highest BCUT2D eigenvalue weighted by Crippen LogP contribution is 2.52. The van der Waals surface area contributed by atoms with Crippen LogP contribution in [-0.2, 0) is 5.41 Å². The van der Waals surface area contributed by atoms with E-state index in [1.54, 1.807) is 0 Å². The molecule has 0 fully saturated rings. The van der Waals surface area contributed by atoms with Crippen molar-refractivity contribution in [2.75, 3.05) is 4.90 Å². The van der Waals surface area contributed by atoms with Gasteiger partial charge in [-0.2, -0.15) is 0 Å². The van der Waals surface area contributed by atoms with Crippen molar-refractivity contribution in [2.45, 2.75) is 19.3 Å². The van der Waals surface area contributed by atoms with E-state index < -0.39 is 0 Å². The minimum atomic E-state index is -0.0221. The van der Waals surface area contributed by atoms with Gasteiger partial charge in [-0.1, -0.05) is 129 Å². The minimum absolute atomic E-state index is 0.0221. The van der Waals surface area contributed by atoms with Gasteiger partial charge in [0.15, 0.2) is 0 Å². The van der Waals surface area contributed by atoms with Crippen molar-refractivity contribution in [3.05, 3.63) is 163 Å². The number of para-hydroxylation sites is 1. The van der Waals surface area contributed by atoms with E-state index in [4.69, 9.17) is 0 Å². The van der Waals surface area contributed by atoms with Crippen molar-refractivity contribution >= 4 is 38.6 Å². The smallest absolute Gasteiger partial charge is 0.0540 e. The van der Waals surface area contributed by atoms with Crippen molar-refractivity contribution in [1.82, 2.24) is 0 Å². The fourth-order valence-corrected chi connectivity index (χ4v) is 6.91. The highest BCUT2D eigenvalue weighted by Gasteiger charge is 2.36. The maximum atomic E-state index is 2.41. The van der Waals surface area contributed by atoms with Crippen LogP contribution in [0.4, 0.5) is 17.1 Å². The number of hydrogen-bond acceptors (Lipinski definition) is 1. The molecule has 0 bridgehead atoms. The van der Waals surface area contributed by atoms with E-state index in [1.807, 2.05) is 0 Å². The fourth-order valence-electron chi connectivity index (χ4n) is 6.91. The first-order chi connectivity index (χ1) is 20.6. The van der Waals surface area contributed by atoms with E-state index in [0.29, 0.717) is 0 Å². The third-order valence-electron chi connectivity index (χ3n) is 9.05. The molecule has 0 saturated carbocycles. The lowest BCUT2D eigenvalue weighted by molar-refractivity contribution is 0.661. The lowest BCUT2D eigenvalue weighted by Crippen LogP contribution is -2.14. The lowest BCUT2D eigenvalue weighted by atomic mass is 9.82. The molecular weight excluding hydrogens is 506 g/mol. The molecule has 1 aliphatic carbocycles. The predicted molar refractivity (Wildman–Crippen MR) is 179 cm³/mol. The summed E-state index contributed by atoms with van der Waals surface area (Å²) >= 11 is 0. The average Bonchev–Trinajstić information content (AvgIpc) is 3.28. The second-order valence-corrected chi connectivity index (χ2v) is 11.8. The Morgan fingerprint density at radius 2 is 1.05 bits per heavy atom. The molecule has 0 atom stereocenters. The molecule has 8 rings (SSSR count). The minimum Gasteiger partial charge on any atom is -0.310 e. The molecule has 7 aromatic carbocycles. The quantitative estimate of drug-likeness (QED) is 0.216. The summed E-state index contributed by atoms with van der Waals surface area (Å²) in [5.41, 5.74) is 11.5. The zero-order valence-corrected chi connectivity index (χ0v) is 23.9. The van der Waals surface area contributed by atoms with Crippen molar-refractivity contribution in [3.8, 4) is 22.3 Å². The molecule has 0 N–H and O–H groups in total. The monoisotopic (exact) mass is 537 g/mol. The van der Waals surface area contributed by atoms with E-state index in [-0.39, 0.29) is 5.41 Å². The molecule has 200 valence electrons. The van der Waals surface area contributed by atoms with Crippen LogP contribution in [0.25, 0.3) is 43.8 Å². The Bertz CT molecular complexity index is 2100. The van der Waals surface area contributed by atoms with Gasteiger partial charge in [-0.15, -0.1) is 0 Å². The van der Waals surface area contributed by atoms with Crippen molar-refractivity contribution in [1.29, 1.82) is 0 Å². The van der Waals surface area contributed by atoms with Gasteiger partial charge in [0.2, 0.25) is 0 Å². The summed E-state index contributed by atoms with van der Waals surface area (Å²) in [4.78, 5) is 2.36. The molecule has 0 aliphatic heterocycles. The highest BCUT2D eigenvalue weighted by molar-refractivity contribution is 6.03. The Labute approximate surface area is 247 Å². The largest absolute Gasteiger partial charge is 0.310 e. The zero-order chi connectivity index (χ0) is 28.3. The molecule has 0 radical (unpaired) electrons. The van der Waals surface area contributed by atoms with Gasteiger partial charge in [-0.25, -0.2) is 0 Å². The van der Waals surface area contributed by atoms with E-state index in [0.717, 1.165) is 11.4 Å². The van der Waals surface area contributed by atoms with Gasteiger partial charge in [-0.3, -0.25) is 0 Å². The molecule has 0 heterocycles. The van der Waals surface area contributed by atoms with Crippen molar-refractivity contribution in [3.63, 3.8) is 0 Å². The van der Waals surface area contributed by atoms with Crippen LogP contribution < -0.4 is 4.90 Å². The number of hydrogen-bond donors (Lipinski definition) is 0. The summed E-state index contributed by atoms with van der Waals surface area (Å²) in [7, 11) is 0. The van der Waals surface area contributed by atoms with Gasteiger partial charge in [0.05, 0.1) is 5.69 Å². The molecule has 0 aromatic heterocycles. The van der Waals surface area contributed by atoms with E-state index in [2.05, 4.69) is 170 Å². The molecule has 0 saturated heterocycles. The van der Waals surface area contributed by atoms with Gasteiger partial charge in [0.1, 0.15) is 0 Å². The third kappa shape index (κ3) is 3.78. The highest BCUT2D eigenvalue weighted by atomic mass is 15.1. The Morgan fingerprint density at radius 3 is 1.83 bits per heavy atom. The van der Waals surface area contributed by atoms with Crippen LogP contribution in [0.5, 0.6) is 0 Å². The molecule has 0 spiro atoms. The Morgan fingerprint density at radius 1 is 0.452 bits per heavy atom. The average molecular weight is 538 g/mol. The van der Waals surface area contributed by atoms with Gasteiger partial charge in [0.25, 0.3) is 0 Å². The molecule has 7 aromatic rings. The number of rotatable bonds is 4. The van der Waals surface area contributed by atoms with Gasteiger partial charge < -0.3 is 4.90 Å². The maximum absolute atomic E-state index is 2.41. The van der Waals surface area contributed by atoms with Crippen LogP contribution in [0.1, 0.15) is 25.0 Å². The molecule has 0 amide bonds. The number of nitrogens with zero attached hydrogens (tertiary/aromatic N) is 1. The SMILES string of the molecule is CC1(C)c2ccc(-c3ccc(N(c4ccccc4)c4cccc5ccccc45)cc3)cc2-c2c1ccc1ccccc21. The molecule has 42 heavy (non-hydrogen) atoms. The van der Waals surface area contributed by atoms with Crippen LogP contribution in [0, 0.1) is 0 Å². The first-order valence-corrected chi connectivity index (χ1v) is 14.7. The van der Waals surface area contributed by atoms with Crippen LogP contribution in [-0.4, -0.2) is 0 Å². The van der Waals surface area contributed by atoms with Crippen molar-refractivity contribution < 1.29 is 0 Å². The van der Waals surface area contributed by atoms with Crippen LogP contribution >= 0.6 is 0 Å². The Kier molecular flexibility index (Phi) is 5.55. The summed E-state index contributed by atoms with van der Waals surface area (Å²) in [6.07, 6.45) is 0.